The smallest absolute Gasteiger partial charge is 0.261 e. The molecule has 3 aromatic heterocycles. The van der Waals surface area contributed by atoms with Crippen molar-refractivity contribution in [2.75, 3.05) is 13.1 Å². The number of pyridine rings is 1. The molecule has 0 spiro atoms. The van der Waals surface area contributed by atoms with Crippen LogP contribution in [0.2, 0.25) is 0 Å². The van der Waals surface area contributed by atoms with Gasteiger partial charge in [0.05, 0.1) is 11.8 Å². The Morgan fingerprint density at radius 1 is 1.21 bits per heavy atom. The second-order valence-electron chi connectivity index (χ2n) is 8.03. The predicted molar refractivity (Wildman–Crippen MR) is 106 cm³/mol. The van der Waals surface area contributed by atoms with Crippen LogP contribution < -0.4 is 0 Å². The summed E-state index contributed by atoms with van der Waals surface area (Å²) in [4.78, 5) is 11.9. The lowest BCUT2D eigenvalue weighted by Gasteiger charge is -2.29. The molecule has 7 nitrogen and oxygen atoms in total. The van der Waals surface area contributed by atoms with Gasteiger partial charge in [-0.1, -0.05) is 5.16 Å². The lowest BCUT2D eigenvalue weighted by atomic mass is 9.94. The van der Waals surface area contributed by atoms with Gasteiger partial charge >= 0.3 is 0 Å². The summed E-state index contributed by atoms with van der Waals surface area (Å²) < 4.78 is 7.55. The molecular formula is C21H26N6O. The second-order valence-corrected chi connectivity index (χ2v) is 8.03. The summed E-state index contributed by atoms with van der Waals surface area (Å²) in [6.45, 7) is 10.2. The fourth-order valence-electron chi connectivity index (χ4n) is 4.24. The van der Waals surface area contributed by atoms with Gasteiger partial charge in [-0.3, -0.25) is 14.6 Å². The summed E-state index contributed by atoms with van der Waals surface area (Å²) in [5, 5.41) is 8.70. The molecule has 3 aromatic rings. The van der Waals surface area contributed by atoms with Crippen molar-refractivity contribution in [3.63, 3.8) is 0 Å². The molecule has 2 aliphatic rings. The van der Waals surface area contributed by atoms with Gasteiger partial charge in [-0.15, -0.1) is 0 Å². The van der Waals surface area contributed by atoms with Crippen LogP contribution in [0.15, 0.2) is 16.9 Å². The fourth-order valence-corrected chi connectivity index (χ4v) is 4.24. The molecule has 0 unspecified atom stereocenters. The standard InChI is InChI=1S/C21H26N6O/c1-4-27-14(3)18(10-23-27)21-24-20(25-28-21)19-13(2)22-9-16-12-26(8-7-17(16)19)11-15-5-6-15/h9-10,15H,4-8,11-12H2,1-3H3. The van der Waals surface area contributed by atoms with Gasteiger partial charge < -0.3 is 4.52 Å². The van der Waals surface area contributed by atoms with E-state index < -0.39 is 0 Å². The summed E-state index contributed by atoms with van der Waals surface area (Å²) in [6, 6.07) is 0. The van der Waals surface area contributed by atoms with Crippen LogP contribution >= 0.6 is 0 Å². The van der Waals surface area contributed by atoms with Crippen LogP contribution in [0, 0.1) is 19.8 Å². The zero-order chi connectivity index (χ0) is 19.3. The SMILES string of the molecule is CCn1ncc(-c2nc(-c3c(C)ncc4c3CCN(CC3CC3)C4)no2)c1C. The van der Waals surface area contributed by atoms with E-state index >= 15 is 0 Å². The monoisotopic (exact) mass is 378 g/mol. The average molecular weight is 378 g/mol. The van der Waals surface area contributed by atoms with Crippen molar-refractivity contribution < 1.29 is 4.52 Å². The Hall–Kier alpha value is -2.54. The Morgan fingerprint density at radius 2 is 2.07 bits per heavy atom. The van der Waals surface area contributed by atoms with Crippen molar-refractivity contribution in [2.45, 2.75) is 53.1 Å². The normalized spacial score (nSPS) is 17.1. The summed E-state index contributed by atoms with van der Waals surface area (Å²) in [5.74, 6) is 2.07. The summed E-state index contributed by atoms with van der Waals surface area (Å²) >= 11 is 0. The number of fused-ring (bicyclic) bond motifs is 1. The van der Waals surface area contributed by atoms with Gasteiger partial charge in [0, 0.05) is 49.3 Å². The molecule has 0 atom stereocenters. The molecule has 146 valence electrons. The Labute approximate surface area is 164 Å². The number of aryl methyl sites for hydroxylation is 2. The third-order valence-electron chi connectivity index (χ3n) is 6.03. The minimum atomic E-state index is 0.523. The predicted octanol–water partition coefficient (Wildman–Crippen LogP) is 3.40. The Bertz CT molecular complexity index is 1020. The summed E-state index contributed by atoms with van der Waals surface area (Å²) in [5.41, 5.74) is 6.56. The van der Waals surface area contributed by atoms with Gasteiger partial charge in [0.15, 0.2) is 0 Å². The van der Waals surface area contributed by atoms with E-state index in [1.54, 1.807) is 6.20 Å². The maximum Gasteiger partial charge on any atom is 0.261 e. The van der Waals surface area contributed by atoms with Gasteiger partial charge in [-0.05, 0) is 57.1 Å². The average Bonchev–Trinajstić information content (AvgIpc) is 3.24. The van der Waals surface area contributed by atoms with Crippen LogP contribution in [-0.2, 0) is 19.5 Å². The van der Waals surface area contributed by atoms with Crippen molar-refractivity contribution in [3.05, 3.63) is 34.9 Å². The molecule has 1 fully saturated rings. The largest absolute Gasteiger partial charge is 0.333 e. The molecule has 5 rings (SSSR count). The molecule has 4 heterocycles. The first-order valence-corrected chi connectivity index (χ1v) is 10.2. The Balaban J connectivity index is 1.48. The van der Waals surface area contributed by atoms with Crippen LogP contribution in [0.25, 0.3) is 22.8 Å². The van der Waals surface area contributed by atoms with E-state index in [-0.39, 0.29) is 0 Å². The number of aromatic nitrogens is 5. The maximum atomic E-state index is 5.62. The third-order valence-corrected chi connectivity index (χ3v) is 6.03. The second kappa shape index (κ2) is 6.81. The van der Waals surface area contributed by atoms with Crippen LogP contribution in [0.4, 0.5) is 0 Å². The quantitative estimate of drug-likeness (QED) is 0.677. The van der Waals surface area contributed by atoms with Gasteiger partial charge in [-0.25, -0.2) is 0 Å². The molecule has 1 aliphatic carbocycles. The Kier molecular flexibility index (Phi) is 4.27. The van der Waals surface area contributed by atoms with Crippen LogP contribution in [0.1, 0.15) is 42.3 Å². The first-order chi connectivity index (χ1) is 13.6. The van der Waals surface area contributed by atoms with E-state index in [9.17, 15) is 0 Å². The highest BCUT2D eigenvalue weighted by molar-refractivity contribution is 5.67. The maximum absolute atomic E-state index is 5.62. The minimum absolute atomic E-state index is 0.523. The van der Waals surface area contributed by atoms with E-state index in [1.807, 2.05) is 24.7 Å². The van der Waals surface area contributed by atoms with E-state index in [2.05, 4.69) is 27.1 Å². The number of hydrogen-bond donors (Lipinski definition) is 0. The van der Waals surface area contributed by atoms with E-state index in [4.69, 9.17) is 9.51 Å². The lowest BCUT2D eigenvalue weighted by molar-refractivity contribution is 0.243. The van der Waals surface area contributed by atoms with Crippen LogP contribution in [0.5, 0.6) is 0 Å². The molecule has 0 saturated heterocycles. The summed E-state index contributed by atoms with van der Waals surface area (Å²) in [6.07, 6.45) is 7.62. The van der Waals surface area contributed by atoms with Crippen molar-refractivity contribution in [2.24, 2.45) is 5.92 Å². The zero-order valence-electron chi connectivity index (χ0n) is 16.8. The zero-order valence-corrected chi connectivity index (χ0v) is 16.8. The van der Waals surface area contributed by atoms with E-state index in [0.717, 1.165) is 54.5 Å². The lowest BCUT2D eigenvalue weighted by Crippen LogP contribution is -2.32. The molecule has 28 heavy (non-hydrogen) atoms. The molecular weight excluding hydrogens is 352 g/mol. The van der Waals surface area contributed by atoms with Crippen molar-refractivity contribution in [3.8, 4) is 22.8 Å². The van der Waals surface area contributed by atoms with E-state index in [0.29, 0.717) is 11.7 Å². The van der Waals surface area contributed by atoms with Crippen molar-refractivity contribution >= 4 is 0 Å². The van der Waals surface area contributed by atoms with Gasteiger partial charge in [0.2, 0.25) is 5.82 Å². The van der Waals surface area contributed by atoms with Crippen molar-refractivity contribution in [1.29, 1.82) is 0 Å². The highest BCUT2D eigenvalue weighted by atomic mass is 16.5. The fraction of sp³-hybridized carbons (Fsp3) is 0.524. The topological polar surface area (TPSA) is 72.9 Å². The number of rotatable bonds is 5. The summed E-state index contributed by atoms with van der Waals surface area (Å²) in [7, 11) is 0. The third kappa shape index (κ3) is 3.03. The van der Waals surface area contributed by atoms with Gasteiger partial charge in [0.25, 0.3) is 5.89 Å². The Morgan fingerprint density at radius 3 is 2.82 bits per heavy atom. The van der Waals surface area contributed by atoms with E-state index in [1.165, 1.54) is 30.5 Å². The highest BCUT2D eigenvalue weighted by Gasteiger charge is 2.29. The molecule has 0 aromatic carbocycles. The molecule has 0 bridgehead atoms. The minimum Gasteiger partial charge on any atom is -0.333 e. The molecule has 0 amide bonds. The molecule has 1 aliphatic heterocycles. The first-order valence-electron chi connectivity index (χ1n) is 10.2. The van der Waals surface area contributed by atoms with Gasteiger partial charge in [-0.2, -0.15) is 10.1 Å². The molecule has 0 N–H and O–H groups in total. The molecule has 0 radical (unpaired) electrons. The first kappa shape index (κ1) is 17.6. The van der Waals surface area contributed by atoms with Gasteiger partial charge in [0.1, 0.15) is 0 Å². The van der Waals surface area contributed by atoms with Crippen LogP contribution in [-0.4, -0.2) is 42.9 Å². The molecule has 7 heteroatoms. The highest BCUT2D eigenvalue weighted by Crippen LogP contribution is 2.35. The van der Waals surface area contributed by atoms with Crippen molar-refractivity contribution in [1.82, 2.24) is 29.8 Å². The molecule has 1 saturated carbocycles. The number of nitrogens with zero attached hydrogens (tertiary/aromatic N) is 6. The number of hydrogen-bond acceptors (Lipinski definition) is 6. The van der Waals surface area contributed by atoms with Crippen LogP contribution in [0.3, 0.4) is 0 Å².